The van der Waals surface area contributed by atoms with Crippen LogP contribution >= 0.6 is 0 Å². The second-order valence-electron chi connectivity index (χ2n) is 3.85. The van der Waals surface area contributed by atoms with Crippen molar-refractivity contribution >= 4 is 16.9 Å². The maximum Gasteiger partial charge on any atom is 0.253 e. The lowest BCUT2D eigenvalue weighted by atomic mass is 10.2. The zero-order valence-electron chi connectivity index (χ0n) is 8.16. The first-order chi connectivity index (χ1) is 7.34. The van der Waals surface area contributed by atoms with Crippen LogP contribution in [-0.4, -0.2) is 21.9 Å². The third-order valence-electron chi connectivity index (χ3n) is 2.61. The molecule has 1 fully saturated rings. The van der Waals surface area contributed by atoms with E-state index in [0.29, 0.717) is 11.6 Å². The first-order valence-electron chi connectivity index (χ1n) is 5.07. The lowest BCUT2D eigenvalue weighted by molar-refractivity contribution is 0.0953. The number of aromatic amines is 1. The third kappa shape index (κ3) is 1.48. The van der Waals surface area contributed by atoms with Crippen LogP contribution in [0.15, 0.2) is 24.5 Å². The van der Waals surface area contributed by atoms with E-state index in [1.54, 1.807) is 12.4 Å². The molecule has 0 radical (unpaired) electrons. The molecule has 0 spiro atoms. The maximum absolute atomic E-state index is 11.8. The van der Waals surface area contributed by atoms with Crippen molar-refractivity contribution in [1.29, 1.82) is 0 Å². The molecule has 0 bridgehead atoms. The summed E-state index contributed by atoms with van der Waals surface area (Å²) in [6.07, 6.45) is 5.63. The van der Waals surface area contributed by atoms with Crippen LogP contribution in [0.25, 0.3) is 11.0 Å². The number of carbonyl (C=O) groups excluding carboxylic acids is 1. The highest BCUT2D eigenvalue weighted by Crippen LogP contribution is 2.21. The van der Waals surface area contributed by atoms with Crippen LogP contribution in [0.2, 0.25) is 0 Å². The van der Waals surface area contributed by atoms with Crippen LogP contribution in [-0.2, 0) is 0 Å². The van der Waals surface area contributed by atoms with Crippen LogP contribution in [0.1, 0.15) is 23.2 Å². The maximum atomic E-state index is 11.8. The molecule has 0 aliphatic heterocycles. The first kappa shape index (κ1) is 8.47. The number of H-pyrrole nitrogens is 1. The lowest BCUT2D eigenvalue weighted by Gasteiger charge is -2.00. The minimum absolute atomic E-state index is 0.00301. The molecule has 0 saturated heterocycles. The lowest BCUT2D eigenvalue weighted by Crippen LogP contribution is -2.25. The molecular formula is C11H11N3O. The second kappa shape index (κ2) is 3.08. The van der Waals surface area contributed by atoms with Gasteiger partial charge in [0.2, 0.25) is 0 Å². The standard InChI is InChI=1S/C11H11N3O/c15-11(14-7-3-4-7)9-6-13-10-8(9)2-1-5-12-10/h1-2,5-7H,3-4H2,(H,12,13)(H,14,15). The molecule has 1 saturated carbocycles. The van der Waals surface area contributed by atoms with Gasteiger partial charge in [-0.15, -0.1) is 0 Å². The molecule has 76 valence electrons. The molecule has 15 heavy (non-hydrogen) atoms. The highest BCUT2D eigenvalue weighted by molar-refractivity contribution is 6.06. The summed E-state index contributed by atoms with van der Waals surface area (Å²) in [5.41, 5.74) is 1.45. The Bertz CT molecular complexity index is 513. The van der Waals surface area contributed by atoms with Crippen LogP contribution in [0.4, 0.5) is 0 Å². The van der Waals surface area contributed by atoms with Crippen molar-refractivity contribution in [3.05, 3.63) is 30.1 Å². The molecule has 0 aromatic carbocycles. The number of aromatic nitrogens is 2. The number of hydrogen-bond acceptors (Lipinski definition) is 2. The summed E-state index contributed by atoms with van der Waals surface area (Å²) in [4.78, 5) is 18.9. The van der Waals surface area contributed by atoms with Gasteiger partial charge >= 0.3 is 0 Å². The summed E-state index contributed by atoms with van der Waals surface area (Å²) in [5.74, 6) is -0.00301. The molecular weight excluding hydrogens is 190 g/mol. The van der Waals surface area contributed by atoms with Gasteiger partial charge in [-0.2, -0.15) is 0 Å². The van der Waals surface area contributed by atoms with Gasteiger partial charge in [0.05, 0.1) is 5.56 Å². The van der Waals surface area contributed by atoms with E-state index < -0.39 is 0 Å². The zero-order valence-corrected chi connectivity index (χ0v) is 8.16. The molecule has 3 rings (SSSR count). The summed E-state index contributed by atoms with van der Waals surface area (Å²) in [6.45, 7) is 0. The highest BCUT2D eigenvalue weighted by Gasteiger charge is 2.24. The number of hydrogen-bond donors (Lipinski definition) is 2. The molecule has 0 atom stereocenters. The van der Waals surface area contributed by atoms with Crippen LogP contribution in [0.5, 0.6) is 0 Å². The number of nitrogens with zero attached hydrogens (tertiary/aromatic N) is 1. The fourth-order valence-corrected chi connectivity index (χ4v) is 1.63. The van der Waals surface area contributed by atoms with Crippen molar-refractivity contribution < 1.29 is 4.79 Å². The molecule has 0 unspecified atom stereocenters. The van der Waals surface area contributed by atoms with E-state index in [2.05, 4.69) is 15.3 Å². The summed E-state index contributed by atoms with van der Waals surface area (Å²) in [6, 6.07) is 4.13. The molecule has 1 aliphatic carbocycles. The van der Waals surface area contributed by atoms with Gasteiger partial charge in [0, 0.05) is 23.8 Å². The Morgan fingerprint density at radius 1 is 1.53 bits per heavy atom. The monoisotopic (exact) mass is 201 g/mol. The Morgan fingerprint density at radius 2 is 2.40 bits per heavy atom. The van der Waals surface area contributed by atoms with Crippen molar-refractivity contribution in [1.82, 2.24) is 15.3 Å². The minimum Gasteiger partial charge on any atom is -0.349 e. The largest absolute Gasteiger partial charge is 0.349 e. The minimum atomic E-state index is -0.00301. The van der Waals surface area contributed by atoms with Gasteiger partial charge in [-0.3, -0.25) is 4.79 Å². The molecule has 2 heterocycles. The number of amides is 1. The van der Waals surface area contributed by atoms with Crippen molar-refractivity contribution in [2.45, 2.75) is 18.9 Å². The van der Waals surface area contributed by atoms with Gasteiger partial charge in [0.15, 0.2) is 0 Å². The van der Waals surface area contributed by atoms with Gasteiger partial charge in [-0.25, -0.2) is 4.98 Å². The molecule has 2 N–H and O–H groups in total. The number of pyridine rings is 1. The Balaban J connectivity index is 1.98. The number of rotatable bonds is 2. The summed E-state index contributed by atoms with van der Waals surface area (Å²) < 4.78 is 0. The van der Waals surface area contributed by atoms with E-state index in [1.807, 2.05) is 12.1 Å². The molecule has 2 aromatic heterocycles. The smallest absolute Gasteiger partial charge is 0.253 e. The Labute approximate surface area is 86.7 Å². The van der Waals surface area contributed by atoms with E-state index >= 15 is 0 Å². The molecule has 4 heteroatoms. The average molecular weight is 201 g/mol. The Kier molecular flexibility index (Phi) is 1.74. The van der Waals surface area contributed by atoms with E-state index in [4.69, 9.17) is 0 Å². The fraction of sp³-hybridized carbons (Fsp3) is 0.273. The van der Waals surface area contributed by atoms with E-state index in [9.17, 15) is 4.79 Å². The van der Waals surface area contributed by atoms with Crippen LogP contribution < -0.4 is 5.32 Å². The van der Waals surface area contributed by atoms with E-state index in [-0.39, 0.29) is 5.91 Å². The molecule has 2 aromatic rings. The second-order valence-corrected chi connectivity index (χ2v) is 3.85. The van der Waals surface area contributed by atoms with Crippen molar-refractivity contribution in [2.24, 2.45) is 0 Å². The summed E-state index contributed by atoms with van der Waals surface area (Å²) >= 11 is 0. The van der Waals surface area contributed by atoms with Crippen LogP contribution in [0, 0.1) is 0 Å². The van der Waals surface area contributed by atoms with Crippen LogP contribution in [0.3, 0.4) is 0 Å². The van der Waals surface area contributed by atoms with Crippen molar-refractivity contribution in [3.63, 3.8) is 0 Å². The molecule has 1 amide bonds. The quantitative estimate of drug-likeness (QED) is 0.772. The van der Waals surface area contributed by atoms with Gasteiger partial charge < -0.3 is 10.3 Å². The van der Waals surface area contributed by atoms with Gasteiger partial charge in [0.1, 0.15) is 5.65 Å². The number of nitrogens with one attached hydrogen (secondary N) is 2. The first-order valence-corrected chi connectivity index (χ1v) is 5.07. The zero-order chi connectivity index (χ0) is 10.3. The number of carbonyl (C=O) groups is 1. The fourth-order valence-electron chi connectivity index (χ4n) is 1.63. The summed E-state index contributed by atoms with van der Waals surface area (Å²) in [5, 5.41) is 3.85. The topological polar surface area (TPSA) is 57.8 Å². The van der Waals surface area contributed by atoms with E-state index in [0.717, 1.165) is 23.9 Å². The summed E-state index contributed by atoms with van der Waals surface area (Å²) in [7, 11) is 0. The van der Waals surface area contributed by atoms with Crippen molar-refractivity contribution in [3.8, 4) is 0 Å². The molecule has 1 aliphatic rings. The van der Waals surface area contributed by atoms with Gasteiger partial charge in [-0.05, 0) is 25.0 Å². The average Bonchev–Trinajstić information content (AvgIpc) is 2.96. The predicted molar refractivity (Wildman–Crippen MR) is 56.6 cm³/mol. The van der Waals surface area contributed by atoms with E-state index in [1.165, 1.54) is 0 Å². The van der Waals surface area contributed by atoms with Gasteiger partial charge in [0.25, 0.3) is 5.91 Å². The SMILES string of the molecule is O=C(NC1CC1)c1c[nH]c2ncccc12. The Hall–Kier alpha value is -1.84. The van der Waals surface area contributed by atoms with Gasteiger partial charge in [-0.1, -0.05) is 0 Å². The third-order valence-corrected chi connectivity index (χ3v) is 2.61. The normalized spacial score (nSPS) is 15.5. The predicted octanol–water partition coefficient (Wildman–Crippen LogP) is 1.46. The number of fused-ring (bicyclic) bond motifs is 1. The van der Waals surface area contributed by atoms with Crippen molar-refractivity contribution in [2.75, 3.05) is 0 Å². The molecule has 4 nitrogen and oxygen atoms in total. The highest BCUT2D eigenvalue weighted by atomic mass is 16.1. The Morgan fingerprint density at radius 3 is 3.20 bits per heavy atom.